The molecule has 1 aromatic carbocycles. The average Bonchev–Trinajstić information content (AvgIpc) is 2.36. The van der Waals surface area contributed by atoms with Gasteiger partial charge in [-0.25, -0.2) is 0 Å². The number of halogens is 1. The SMILES string of the molecule is C[C@@H](NC(=O)CCC(=O)O)C(=O)c1ccc(Br)cc1. The summed E-state index contributed by atoms with van der Waals surface area (Å²) >= 11 is 3.27. The van der Waals surface area contributed by atoms with E-state index in [1.165, 1.54) is 0 Å². The molecule has 0 aliphatic heterocycles. The Labute approximate surface area is 119 Å². The highest BCUT2D eigenvalue weighted by molar-refractivity contribution is 9.10. The van der Waals surface area contributed by atoms with Crippen LogP contribution in [0.1, 0.15) is 30.1 Å². The minimum atomic E-state index is -1.04. The highest BCUT2D eigenvalue weighted by Gasteiger charge is 2.17. The number of carbonyl (C=O) groups is 3. The van der Waals surface area contributed by atoms with Crippen LogP contribution in [0.4, 0.5) is 0 Å². The van der Waals surface area contributed by atoms with Crippen molar-refractivity contribution in [3.05, 3.63) is 34.3 Å². The second-order valence-electron chi connectivity index (χ2n) is 4.05. The molecule has 0 bridgehead atoms. The van der Waals surface area contributed by atoms with Crippen molar-refractivity contribution >= 4 is 33.6 Å². The predicted octanol–water partition coefficient (Wildman–Crippen LogP) is 2.00. The van der Waals surface area contributed by atoms with Gasteiger partial charge in [-0.3, -0.25) is 14.4 Å². The van der Waals surface area contributed by atoms with Crippen LogP contribution in [0.5, 0.6) is 0 Å². The Morgan fingerprint density at radius 2 is 1.79 bits per heavy atom. The number of hydrogen-bond acceptors (Lipinski definition) is 3. The van der Waals surface area contributed by atoms with Gasteiger partial charge in [0.15, 0.2) is 5.78 Å². The lowest BCUT2D eigenvalue weighted by molar-refractivity contribution is -0.138. The van der Waals surface area contributed by atoms with Crippen molar-refractivity contribution in [2.24, 2.45) is 0 Å². The fraction of sp³-hybridized carbons (Fsp3) is 0.308. The molecular formula is C13H14BrNO4. The first kappa shape index (κ1) is 15.4. The van der Waals surface area contributed by atoms with Crippen LogP contribution < -0.4 is 5.32 Å². The topological polar surface area (TPSA) is 83.5 Å². The molecule has 0 aliphatic rings. The van der Waals surface area contributed by atoms with Crippen molar-refractivity contribution in [1.29, 1.82) is 0 Å². The van der Waals surface area contributed by atoms with Crippen molar-refractivity contribution in [2.75, 3.05) is 0 Å². The van der Waals surface area contributed by atoms with Crippen LogP contribution in [0.3, 0.4) is 0 Å². The third-order valence-corrected chi connectivity index (χ3v) is 2.99. The molecule has 0 fully saturated rings. The molecule has 102 valence electrons. The maximum atomic E-state index is 12.0. The lowest BCUT2D eigenvalue weighted by Crippen LogP contribution is -2.38. The summed E-state index contributed by atoms with van der Waals surface area (Å²) in [5.41, 5.74) is 0.495. The molecule has 0 saturated heterocycles. The van der Waals surface area contributed by atoms with Gasteiger partial charge in [-0.05, 0) is 19.1 Å². The zero-order chi connectivity index (χ0) is 14.4. The lowest BCUT2D eigenvalue weighted by atomic mass is 10.1. The van der Waals surface area contributed by atoms with Gasteiger partial charge in [-0.15, -0.1) is 0 Å². The first-order valence-corrected chi connectivity index (χ1v) is 6.50. The summed E-state index contributed by atoms with van der Waals surface area (Å²) in [6.45, 7) is 1.57. The van der Waals surface area contributed by atoms with E-state index < -0.39 is 17.9 Å². The van der Waals surface area contributed by atoms with E-state index in [-0.39, 0.29) is 18.6 Å². The van der Waals surface area contributed by atoms with Crippen LogP contribution in [0.15, 0.2) is 28.7 Å². The normalized spacial score (nSPS) is 11.7. The van der Waals surface area contributed by atoms with E-state index in [1.54, 1.807) is 31.2 Å². The summed E-state index contributed by atoms with van der Waals surface area (Å²) in [5.74, 6) is -1.70. The molecular weight excluding hydrogens is 314 g/mol. The van der Waals surface area contributed by atoms with E-state index in [9.17, 15) is 14.4 Å². The summed E-state index contributed by atoms with van der Waals surface area (Å²) in [6, 6.07) is 6.12. The van der Waals surface area contributed by atoms with E-state index >= 15 is 0 Å². The van der Waals surface area contributed by atoms with Gasteiger partial charge in [-0.1, -0.05) is 28.1 Å². The zero-order valence-electron chi connectivity index (χ0n) is 10.4. The molecule has 0 aliphatic carbocycles. The lowest BCUT2D eigenvalue weighted by Gasteiger charge is -2.12. The highest BCUT2D eigenvalue weighted by atomic mass is 79.9. The highest BCUT2D eigenvalue weighted by Crippen LogP contribution is 2.12. The van der Waals surface area contributed by atoms with Crippen LogP contribution in [0.25, 0.3) is 0 Å². The number of carboxylic acids is 1. The molecule has 1 aromatic rings. The summed E-state index contributed by atoms with van der Waals surface area (Å²) in [4.78, 5) is 33.7. The van der Waals surface area contributed by atoms with Gasteiger partial charge < -0.3 is 10.4 Å². The fourth-order valence-electron chi connectivity index (χ4n) is 1.46. The maximum Gasteiger partial charge on any atom is 0.303 e. The van der Waals surface area contributed by atoms with Gasteiger partial charge in [0.1, 0.15) is 0 Å². The van der Waals surface area contributed by atoms with Gasteiger partial charge in [0, 0.05) is 16.5 Å². The number of aliphatic carboxylic acids is 1. The van der Waals surface area contributed by atoms with E-state index in [2.05, 4.69) is 21.2 Å². The van der Waals surface area contributed by atoms with Gasteiger partial charge in [-0.2, -0.15) is 0 Å². The standard InChI is InChI=1S/C13H14BrNO4/c1-8(15-11(16)6-7-12(17)18)13(19)9-2-4-10(14)5-3-9/h2-5,8H,6-7H2,1H3,(H,15,16)(H,17,18)/t8-/m1/s1. The number of Topliss-reactive ketones (excluding diaryl/α,β-unsaturated/α-hetero) is 1. The third kappa shape index (κ3) is 5.21. The average molecular weight is 328 g/mol. The van der Waals surface area contributed by atoms with E-state index in [0.29, 0.717) is 5.56 Å². The van der Waals surface area contributed by atoms with Gasteiger partial charge in [0.2, 0.25) is 5.91 Å². The molecule has 0 saturated carbocycles. The minimum absolute atomic E-state index is 0.132. The molecule has 0 unspecified atom stereocenters. The molecule has 19 heavy (non-hydrogen) atoms. The van der Waals surface area contributed by atoms with Gasteiger partial charge >= 0.3 is 5.97 Å². The Bertz CT molecular complexity index is 484. The van der Waals surface area contributed by atoms with E-state index in [1.807, 2.05) is 0 Å². The number of amides is 1. The van der Waals surface area contributed by atoms with Crippen LogP contribution >= 0.6 is 15.9 Å². The largest absolute Gasteiger partial charge is 0.481 e. The minimum Gasteiger partial charge on any atom is -0.481 e. The first-order chi connectivity index (χ1) is 8.90. The number of nitrogens with one attached hydrogen (secondary N) is 1. The Hall–Kier alpha value is -1.69. The Morgan fingerprint density at radius 3 is 2.32 bits per heavy atom. The number of hydrogen-bond donors (Lipinski definition) is 2. The van der Waals surface area contributed by atoms with Crippen LogP contribution in [-0.4, -0.2) is 28.8 Å². The Kier molecular flexibility index (Phi) is 5.69. The molecule has 1 amide bonds. The molecule has 1 atom stereocenters. The first-order valence-electron chi connectivity index (χ1n) is 5.71. The second kappa shape index (κ2) is 7.04. The molecule has 2 N–H and O–H groups in total. The zero-order valence-corrected chi connectivity index (χ0v) is 11.9. The van der Waals surface area contributed by atoms with Crippen molar-refractivity contribution in [3.8, 4) is 0 Å². The fourth-order valence-corrected chi connectivity index (χ4v) is 1.73. The Morgan fingerprint density at radius 1 is 1.21 bits per heavy atom. The van der Waals surface area contributed by atoms with Crippen molar-refractivity contribution in [2.45, 2.75) is 25.8 Å². The quantitative estimate of drug-likeness (QED) is 0.783. The summed E-state index contributed by atoms with van der Waals surface area (Å²) < 4.78 is 0.863. The second-order valence-corrected chi connectivity index (χ2v) is 4.97. The molecule has 1 rings (SSSR count). The number of rotatable bonds is 6. The number of carboxylic acid groups (broad SMARTS) is 1. The Balaban J connectivity index is 2.55. The maximum absolute atomic E-state index is 12.0. The van der Waals surface area contributed by atoms with Crippen LogP contribution in [0.2, 0.25) is 0 Å². The van der Waals surface area contributed by atoms with E-state index in [0.717, 1.165) is 4.47 Å². The van der Waals surface area contributed by atoms with Crippen molar-refractivity contribution in [3.63, 3.8) is 0 Å². The molecule has 0 spiro atoms. The van der Waals surface area contributed by atoms with Crippen LogP contribution in [-0.2, 0) is 9.59 Å². The van der Waals surface area contributed by atoms with Gasteiger partial charge in [0.05, 0.1) is 12.5 Å². The molecule has 0 radical (unpaired) electrons. The van der Waals surface area contributed by atoms with E-state index in [4.69, 9.17) is 5.11 Å². The van der Waals surface area contributed by atoms with Crippen molar-refractivity contribution in [1.82, 2.24) is 5.32 Å². The van der Waals surface area contributed by atoms with Crippen molar-refractivity contribution < 1.29 is 19.5 Å². The molecule has 0 aromatic heterocycles. The summed E-state index contributed by atoms with van der Waals surface area (Å²) in [6.07, 6.45) is -0.377. The predicted molar refractivity (Wildman–Crippen MR) is 72.9 cm³/mol. The number of ketones is 1. The molecule has 0 heterocycles. The third-order valence-electron chi connectivity index (χ3n) is 2.47. The number of benzene rings is 1. The number of carbonyl (C=O) groups excluding carboxylic acids is 2. The summed E-state index contributed by atoms with van der Waals surface area (Å²) in [5, 5.41) is 10.9. The van der Waals surface area contributed by atoms with Gasteiger partial charge in [0.25, 0.3) is 0 Å². The molecule has 6 heteroatoms. The monoisotopic (exact) mass is 327 g/mol. The summed E-state index contributed by atoms with van der Waals surface area (Å²) in [7, 11) is 0. The van der Waals surface area contributed by atoms with Crippen LogP contribution in [0, 0.1) is 0 Å². The molecule has 5 nitrogen and oxygen atoms in total. The smallest absolute Gasteiger partial charge is 0.303 e.